The van der Waals surface area contributed by atoms with Crippen LogP contribution in [0, 0.1) is 0 Å². The van der Waals surface area contributed by atoms with Crippen LogP contribution in [0.2, 0.25) is 36.3 Å². The molecule has 0 aromatic heterocycles. The molecule has 17 heteroatoms. The van der Waals surface area contributed by atoms with E-state index in [2.05, 4.69) is 77.8 Å². The first-order chi connectivity index (χ1) is 21.5. The third-order valence-electron chi connectivity index (χ3n) is 9.02. The smallest absolute Gasteiger partial charge is 0.303 e. The van der Waals surface area contributed by atoms with Gasteiger partial charge in [0.05, 0.1) is 13.2 Å². The summed E-state index contributed by atoms with van der Waals surface area (Å²) in [7, 11) is -4.84. The van der Waals surface area contributed by atoms with Gasteiger partial charge in [-0.1, -0.05) is 46.7 Å². The van der Waals surface area contributed by atoms with Gasteiger partial charge in [0.25, 0.3) is 0 Å². The molecule has 0 spiro atoms. The van der Waals surface area contributed by atoms with E-state index in [1.165, 1.54) is 20.8 Å². The average molecular weight is 706 g/mol. The van der Waals surface area contributed by atoms with E-state index < -0.39 is 83.7 Å². The largest absolute Gasteiger partial charge is 0.463 e. The molecule has 2 rings (SSSR count). The Morgan fingerprint density at radius 1 is 0.702 bits per heavy atom. The second-order valence-corrected chi connectivity index (χ2v) is 24.4. The summed E-state index contributed by atoms with van der Waals surface area (Å²) < 4.78 is 54.8. The predicted octanol–water partition coefficient (Wildman–Crippen LogP) is 4.99. The molecule has 2 fully saturated rings. The SMILES string of the molecule is CC(=O)OC[C@H]1O[C@H](OC[C@H]2O[C@H](OCCN=[N+]=[N-])[C@@H](O[Si](C)(C)C(C)(C)C)[C@@H]2O[Si](C)(C)C(C)(C)C)[C@@H](OC(C)=O)[C@@H]1OC(C)=O. The van der Waals surface area contributed by atoms with Gasteiger partial charge in [-0.15, -0.1) is 0 Å². The molecule has 2 aliphatic heterocycles. The second kappa shape index (κ2) is 16.5. The summed E-state index contributed by atoms with van der Waals surface area (Å²) >= 11 is 0. The fraction of sp³-hybridized carbons (Fsp3) is 0.900. The molecule has 0 aromatic rings. The molecule has 0 radical (unpaired) electrons. The van der Waals surface area contributed by atoms with Crippen molar-refractivity contribution in [3.8, 4) is 0 Å². The van der Waals surface area contributed by atoms with Crippen LogP contribution in [-0.2, 0) is 56.4 Å². The number of esters is 3. The van der Waals surface area contributed by atoms with Crippen LogP contribution in [0.25, 0.3) is 10.4 Å². The van der Waals surface area contributed by atoms with Crippen molar-refractivity contribution in [2.24, 2.45) is 5.11 Å². The first-order valence-electron chi connectivity index (χ1n) is 15.9. The molecule has 0 amide bonds. The summed E-state index contributed by atoms with van der Waals surface area (Å²) in [5.41, 5.74) is 8.76. The van der Waals surface area contributed by atoms with Gasteiger partial charge in [0.1, 0.15) is 31.0 Å². The van der Waals surface area contributed by atoms with Gasteiger partial charge in [-0.2, -0.15) is 0 Å². The Labute approximate surface area is 280 Å². The lowest BCUT2D eigenvalue weighted by Crippen LogP contribution is -2.54. The lowest BCUT2D eigenvalue weighted by molar-refractivity contribution is -0.211. The summed E-state index contributed by atoms with van der Waals surface area (Å²) in [5, 5.41) is 3.28. The number of rotatable bonds is 15. The van der Waals surface area contributed by atoms with Crippen LogP contribution in [0.3, 0.4) is 0 Å². The minimum atomic E-state index is -2.43. The van der Waals surface area contributed by atoms with Gasteiger partial charge in [-0.05, 0) is 41.8 Å². The molecule has 15 nitrogen and oxygen atoms in total. The Morgan fingerprint density at radius 3 is 1.64 bits per heavy atom. The van der Waals surface area contributed by atoms with E-state index >= 15 is 0 Å². The summed E-state index contributed by atoms with van der Waals surface area (Å²) in [6.07, 6.45) is -7.32. The average Bonchev–Trinajstić information content (AvgIpc) is 3.38. The molecule has 0 aliphatic carbocycles. The zero-order valence-electron chi connectivity index (χ0n) is 30.2. The topological polar surface area (TPSA) is 183 Å². The number of ether oxygens (including phenoxy) is 7. The van der Waals surface area contributed by atoms with Crippen LogP contribution >= 0.6 is 0 Å². The Morgan fingerprint density at radius 2 is 1.17 bits per heavy atom. The second-order valence-electron chi connectivity index (χ2n) is 14.9. The van der Waals surface area contributed by atoms with E-state index in [1.807, 2.05) is 0 Å². The highest BCUT2D eigenvalue weighted by molar-refractivity contribution is 6.74. The van der Waals surface area contributed by atoms with E-state index in [0.29, 0.717) is 0 Å². The lowest BCUT2D eigenvalue weighted by atomic mass is 10.1. The zero-order chi connectivity index (χ0) is 36.0. The number of carbonyl (C=O) groups excluding carboxylic acids is 3. The minimum Gasteiger partial charge on any atom is -0.463 e. The third kappa shape index (κ3) is 11.5. The summed E-state index contributed by atoms with van der Waals surface area (Å²) in [4.78, 5) is 38.4. The number of azide groups is 1. The van der Waals surface area contributed by atoms with Crippen molar-refractivity contribution in [1.82, 2.24) is 0 Å². The van der Waals surface area contributed by atoms with Gasteiger partial charge in [0.15, 0.2) is 41.4 Å². The number of hydrogen-bond acceptors (Lipinski definition) is 13. The van der Waals surface area contributed by atoms with Crippen LogP contribution in [-0.4, -0.2) is 110 Å². The first kappa shape index (κ1) is 41.1. The molecule has 0 aromatic carbocycles. The standard InChI is InChI=1S/C30H55N3O12Si2/c1-18(34)38-16-21-23(40-19(2)35)25(41-20(3)36)27(42-21)39-17-22-24(44-46(10,11)29(4,5)6)26(45-47(12,13)30(7,8)9)28(43-22)37-15-14-32-33-31/h21-28H,14-17H2,1-13H3/t21-,22-,23-,24-,25+,26+,27+,28+/m1/s1. The highest BCUT2D eigenvalue weighted by Crippen LogP contribution is 2.44. The van der Waals surface area contributed by atoms with E-state index in [4.69, 9.17) is 47.5 Å². The van der Waals surface area contributed by atoms with Gasteiger partial charge in [-0.3, -0.25) is 14.4 Å². The van der Waals surface area contributed by atoms with Crippen molar-refractivity contribution in [2.45, 2.75) is 148 Å². The van der Waals surface area contributed by atoms with Gasteiger partial charge in [-0.25, -0.2) is 0 Å². The van der Waals surface area contributed by atoms with E-state index in [0.717, 1.165) is 0 Å². The number of hydrogen-bond donors (Lipinski definition) is 0. The highest BCUT2D eigenvalue weighted by atomic mass is 28.4. The quantitative estimate of drug-likeness (QED) is 0.0424. The molecular weight excluding hydrogens is 651 g/mol. The van der Waals surface area contributed by atoms with E-state index in [1.54, 1.807) is 0 Å². The summed E-state index contributed by atoms with van der Waals surface area (Å²) in [5.74, 6) is -1.85. The zero-order valence-corrected chi connectivity index (χ0v) is 32.2. The van der Waals surface area contributed by atoms with Crippen LogP contribution < -0.4 is 0 Å². The fourth-order valence-corrected chi connectivity index (χ4v) is 7.11. The normalized spacial score (nSPS) is 28.4. The van der Waals surface area contributed by atoms with E-state index in [9.17, 15) is 14.4 Å². The van der Waals surface area contributed by atoms with Crippen molar-refractivity contribution in [2.75, 3.05) is 26.4 Å². The molecule has 2 heterocycles. The van der Waals surface area contributed by atoms with Gasteiger partial charge in [0.2, 0.25) is 0 Å². The van der Waals surface area contributed by atoms with Crippen LogP contribution in [0.1, 0.15) is 62.3 Å². The van der Waals surface area contributed by atoms with Crippen LogP contribution in [0.5, 0.6) is 0 Å². The molecule has 2 aliphatic rings. The van der Waals surface area contributed by atoms with Crippen molar-refractivity contribution in [3.05, 3.63) is 10.4 Å². The first-order valence-corrected chi connectivity index (χ1v) is 21.7. The van der Waals surface area contributed by atoms with Crippen molar-refractivity contribution in [3.63, 3.8) is 0 Å². The Kier molecular flexibility index (Phi) is 14.5. The maximum atomic E-state index is 12.1. The summed E-state index contributed by atoms with van der Waals surface area (Å²) in [6.45, 7) is 24.8. The molecule has 0 unspecified atom stereocenters. The molecular formula is C30H55N3O12Si2. The van der Waals surface area contributed by atoms with Crippen molar-refractivity contribution >= 4 is 34.5 Å². The molecule has 270 valence electrons. The Hall–Kier alpha value is -2.09. The Bertz CT molecular complexity index is 1140. The molecule has 0 N–H and O–H groups in total. The fourth-order valence-electron chi connectivity index (χ4n) is 4.52. The minimum absolute atomic E-state index is 0.0919. The van der Waals surface area contributed by atoms with Crippen molar-refractivity contribution < 1.29 is 56.4 Å². The van der Waals surface area contributed by atoms with Crippen LogP contribution in [0.15, 0.2) is 5.11 Å². The van der Waals surface area contributed by atoms with E-state index in [-0.39, 0.29) is 36.4 Å². The van der Waals surface area contributed by atoms with Gasteiger partial charge >= 0.3 is 17.9 Å². The molecule has 2 saturated heterocycles. The van der Waals surface area contributed by atoms with Gasteiger partial charge < -0.3 is 42.0 Å². The predicted molar refractivity (Wildman–Crippen MR) is 175 cm³/mol. The molecule has 0 bridgehead atoms. The monoisotopic (exact) mass is 705 g/mol. The molecule has 0 saturated carbocycles. The lowest BCUT2D eigenvalue weighted by Gasteiger charge is -2.44. The maximum absolute atomic E-state index is 12.1. The third-order valence-corrected chi connectivity index (χ3v) is 18.0. The van der Waals surface area contributed by atoms with Crippen molar-refractivity contribution in [1.29, 1.82) is 0 Å². The number of carbonyl (C=O) groups is 3. The van der Waals surface area contributed by atoms with Gasteiger partial charge in [0, 0.05) is 32.2 Å². The van der Waals surface area contributed by atoms with Crippen LogP contribution in [0.4, 0.5) is 0 Å². The maximum Gasteiger partial charge on any atom is 0.303 e. The molecule has 47 heavy (non-hydrogen) atoms. The molecule has 8 atom stereocenters. The highest BCUT2D eigenvalue weighted by Gasteiger charge is 2.56. The Balaban J connectivity index is 2.48. The number of nitrogens with zero attached hydrogens (tertiary/aromatic N) is 3. The summed E-state index contributed by atoms with van der Waals surface area (Å²) in [6, 6.07) is 0.